The first-order valence-electron chi connectivity index (χ1n) is 6.25. The van der Waals surface area contributed by atoms with E-state index in [0.29, 0.717) is 5.92 Å². The Morgan fingerprint density at radius 1 is 1.31 bits per heavy atom. The van der Waals surface area contributed by atoms with Gasteiger partial charge in [0.05, 0.1) is 6.17 Å². The maximum Gasteiger partial charge on any atom is 0.113 e. The van der Waals surface area contributed by atoms with Crippen LogP contribution in [0.4, 0.5) is 0 Å². The molecule has 0 saturated carbocycles. The van der Waals surface area contributed by atoms with E-state index in [2.05, 4.69) is 27.5 Å². The highest BCUT2D eigenvalue weighted by Gasteiger charge is 2.26. The van der Waals surface area contributed by atoms with Gasteiger partial charge in [-0.3, -0.25) is 0 Å². The van der Waals surface area contributed by atoms with Crippen molar-refractivity contribution in [1.29, 1.82) is 0 Å². The molecule has 3 nitrogen and oxygen atoms in total. The molecule has 2 aliphatic rings. The molecule has 1 saturated heterocycles. The highest BCUT2D eigenvalue weighted by molar-refractivity contribution is 7.99. The molecular weight excluding hydrogens is 218 g/mol. The molecule has 3 heterocycles. The van der Waals surface area contributed by atoms with E-state index in [0.717, 1.165) is 12.8 Å². The van der Waals surface area contributed by atoms with Crippen LogP contribution in [0, 0.1) is 0 Å². The van der Waals surface area contributed by atoms with Gasteiger partial charge in [-0.25, -0.2) is 4.98 Å². The van der Waals surface area contributed by atoms with Gasteiger partial charge in [0.2, 0.25) is 0 Å². The number of rotatable bonds is 1. The van der Waals surface area contributed by atoms with E-state index in [1.807, 2.05) is 0 Å². The summed E-state index contributed by atoms with van der Waals surface area (Å²) >= 11 is 2.07. The fourth-order valence-corrected chi connectivity index (χ4v) is 3.97. The highest BCUT2D eigenvalue weighted by atomic mass is 32.2. The molecule has 0 aromatic carbocycles. The van der Waals surface area contributed by atoms with Crippen LogP contribution in [0.5, 0.6) is 0 Å². The summed E-state index contributed by atoms with van der Waals surface area (Å²) in [6, 6.07) is 0. The van der Waals surface area contributed by atoms with Crippen LogP contribution in [0.25, 0.3) is 0 Å². The second-order valence-electron chi connectivity index (χ2n) is 4.82. The van der Waals surface area contributed by atoms with Crippen molar-refractivity contribution in [3.8, 4) is 0 Å². The van der Waals surface area contributed by atoms with Gasteiger partial charge in [-0.2, -0.15) is 11.8 Å². The maximum absolute atomic E-state index is 6.22. The second kappa shape index (κ2) is 4.41. The van der Waals surface area contributed by atoms with E-state index in [1.54, 1.807) is 0 Å². The molecule has 1 fully saturated rings. The summed E-state index contributed by atoms with van der Waals surface area (Å²) in [4.78, 5) is 4.65. The minimum absolute atomic E-state index is 0.177. The topological polar surface area (TPSA) is 43.8 Å². The van der Waals surface area contributed by atoms with Crippen molar-refractivity contribution in [1.82, 2.24) is 9.55 Å². The molecule has 0 radical (unpaired) electrons. The molecular formula is C12H19N3S. The first-order chi connectivity index (χ1) is 7.86. The van der Waals surface area contributed by atoms with Crippen molar-refractivity contribution >= 4 is 11.8 Å². The largest absolute Gasteiger partial charge is 0.316 e. The minimum atomic E-state index is 0.177. The summed E-state index contributed by atoms with van der Waals surface area (Å²) in [6.45, 7) is 0. The molecule has 1 aromatic rings. The van der Waals surface area contributed by atoms with Gasteiger partial charge in [0.25, 0.3) is 0 Å². The Morgan fingerprint density at radius 2 is 2.12 bits per heavy atom. The molecule has 16 heavy (non-hydrogen) atoms. The fourth-order valence-electron chi connectivity index (χ4n) is 2.86. The molecule has 0 bridgehead atoms. The summed E-state index contributed by atoms with van der Waals surface area (Å²) in [6.07, 6.45) is 8.25. The standard InChI is InChI=1S/C12H19N3S/c13-11-3-1-2-10-8-14-12(15(10)11)9-4-6-16-7-5-9/h8-9,11H,1-7,13H2. The maximum atomic E-state index is 6.22. The van der Waals surface area contributed by atoms with Gasteiger partial charge in [-0.05, 0) is 43.6 Å². The van der Waals surface area contributed by atoms with Crippen molar-refractivity contribution in [3.05, 3.63) is 17.7 Å². The Bertz CT molecular complexity index is 368. The summed E-state index contributed by atoms with van der Waals surface area (Å²) in [5, 5.41) is 0. The van der Waals surface area contributed by atoms with E-state index < -0.39 is 0 Å². The molecule has 1 atom stereocenters. The predicted octanol–water partition coefficient (Wildman–Crippen LogP) is 2.29. The van der Waals surface area contributed by atoms with E-state index in [1.165, 1.54) is 42.3 Å². The Balaban J connectivity index is 1.91. The molecule has 1 unspecified atom stereocenters. The van der Waals surface area contributed by atoms with Gasteiger partial charge >= 0.3 is 0 Å². The number of hydrogen-bond donors (Lipinski definition) is 1. The Hall–Kier alpha value is -0.480. The Kier molecular flexibility index (Phi) is 2.94. The van der Waals surface area contributed by atoms with E-state index in [9.17, 15) is 0 Å². The first kappa shape index (κ1) is 10.7. The summed E-state index contributed by atoms with van der Waals surface area (Å²) < 4.78 is 2.32. The second-order valence-corrected chi connectivity index (χ2v) is 6.05. The Labute approximate surface area is 101 Å². The minimum Gasteiger partial charge on any atom is -0.316 e. The normalized spacial score (nSPS) is 26.7. The quantitative estimate of drug-likeness (QED) is 0.815. The zero-order valence-electron chi connectivity index (χ0n) is 9.56. The number of hydrogen-bond acceptors (Lipinski definition) is 3. The molecule has 3 rings (SSSR count). The molecule has 1 aromatic heterocycles. The highest BCUT2D eigenvalue weighted by Crippen LogP contribution is 2.34. The van der Waals surface area contributed by atoms with Crippen molar-refractivity contribution in [2.75, 3.05) is 11.5 Å². The Morgan fingerprint density at radius 3 is 2.94 bits per heavy atom. The predicted molar refractivity (Wildman–Crippen MR) is 67.7 cm³/mol. The van der Waals surface area contributed by atoms with Crippen LogP contribution in [0.15, 0.2) is 6.20 Å². The van der Waals surface area contributed by atoms with Gasteiger partial charge in [0.15, 0.2) is 0 Å². The lowest BCUT2D eigenvalue weighted by atomic mass is 10.0. The lowest BCUT2D eigenvalue weighted by Gasteiger charge is -2.28. The zero-order chi connectivity index (χ0) is 11.0. The number of thioether (sulfide) groups is 1. The van der Waals surface area contributed by atoms with Crippen LogP contribution in [0.1, 0.15) is 49.3 Å². The van der Waals surface area contributed by atoms with Crippen molar-refractivity contribution in [3.63, 3.8) is 0 Å². The third-order valence-corrected chi connectivity index (χ3v) is 4.80. The van der Waals surface area contributed by atoms with Crippen LogP contribution in [-0.4, -0.2) is 21.1 Å². The third kappa shape index (κ3) is 1.78. The van der Waals surface area contributed by atoms with Crippen molar-refractivity contribution < 1.29 is 0 Å². The number of aromatic nitrogens is 2. The molecule has 2 N–H and O–H groups in total. The third-order valence-electron chi connectivity index (χ3n) is 3.75. The smallest absolute Gasteiger partial charge is 0.113 e. The zero-order valence-corrected chi connectivity index (χ0v) is 10.4. The monoisotopic (exact) mass is 237 g/mol. The SMILES string of the molecule is NC1CCCc2cnc(C3CCSCC3)n21. The number of fused-ring (bicyclic) bond motifs is 1. The lowest BCUT2D eigenvalue weighted by Crippen LogP contribution is -2.28. The average Bonchev–Trinajstić information content (AvgIpc) is 2.75. The van der Waals surface area contributed by atoms with Gasteiger partial charge in [0, 0.05) is 17.8 Å². The van der Waals surface area contributed by atoms with Crippen LogP contribution >= 0.6 is 11.8 Å². The molecule has 4 heteroatoms. The summed E-state index contributed by atoms with van der Waals surface area (Å²) in [7, 11) is 0. The lowest BCUT2D eigenvalue weighted by molar-refractivity contribution is 0.387. The molecule has 88 valence electrons. The van der Waals surface area contributed by atoms with Gasteiger partial charge in [-0.15, -0.1) is 0 Å². The molecule has 0 spiro atoms. The number of imidazole rings is 1. The molecule has 0 aliphatic carbocycles. The molecule has 2 aliphatic heterocycles. The van der Waals surface area contributed by atoms with E-state index in [-0.39, 0.29) is 6.17 Å². The van der Waals surface area contributed by atoms with Crippen LogP contribution in [-0.2, 0) is 6.42 Å². The summed E-state index contributed by atoms with van der Waals surface area (Å²) in [5.74, 6) is 4.48. The number of aryl methyl sites for hydroxylation is 1. The first-order valence-corrected chi connectivity index (χ1v) is 7.41. The average molecular weight is 237 g/mol. The van der Waals surface area contributed by atoms with Gasteiger partial charge in [0.1, 0.15) is 5.82 Å². The van der Waals surface area contributed by atoms with E-state index >= 15 is 0 Å². The van der Waals surface area contributed by atoms with Crippen LogP contribution in [0.3, 0.4) is 0 Å². The van der Waals surface area contributed by atoms with Crippen molar-refractivity contribution in [2.45, 2.75) is 44.2 Å². The van der Waals surface area contributed by atoms with E-state index in [4.69, 9.17) is 5.73 Å². The van der Waals surface area contributed by atoms with Gasteiger partial charge < -0.3 is 10.3 Å². The summed E-state index contributed by atoms with van der Waals surface area (Å²) in [5.41, 5.74) is 7.57. The molecule has 0 amide bonds. The number of nitrogens with zero attached hydrogens (tertiary/aromatic N) is 2. The van der Waals surface area contributed by atoms with Gasteiger partial charge in [-0.1, -0.05) is 0 Å². The van der Waals surface area contributed by atoms with Crippen LogP contribution < -0.4 is 5.73 Å². The number of nitrogens with two attached hydrogens (primary N) is 1. The van der Waals surface area contributed by atoms with Crippen molar-refractivity contribution in [2.24, 2.45) is 5.73 Å². The fraction of sp³-hybridized carbons (Fsp3) is 0.750. The van der Waals surface area contributed by atoms with Crippen LogP contribution in [0.2, 0.25) is 0 Å².